The van der Waals surface area contributed by atoms with Gasteiger partial charge < -0.3 is 5.11 Å². The minimum Gasteiger partial charge on any atom is -0.380 e. The van der Waals surface area contributed by atoms with Crippen LogP contribution >= 0.6 is 15.9 Å². The Bertz CT molecular complexity index is 171. The molecule has 2 atom stereocenters. The van der Waals surface area contributed by atoms with Gasteiger partial charge in [-0.15, -0.1) is 0 Å². The molecule has 1 nitrogen and oxygen atoms in total. The molecule has 0 heterocycles. The van der Waals surface area contributed by atoms with Crippen LogP contribution in [0.25, 0.3) is 0 Å². The van der Waals surface area contributed by atoms with Crippen molar-refractivity contribution in [3.63, 3.8) is 0 Å². The largest absolute Gasteiger partial charge is 0.417 e. The van der Waals surface area contributed by atoms with E-state index in [-0.39, 0.29) is 11.8 Å². The lowest BCUT2D eigenvalue weighted by atomic mass is 9.92. The van der Waals surface area contributed by atoms with Crippen LogP contribution in [0.5, 0.6) is 0 Å². The van der Waals surface area contributed by atoms with E-state index in [0.29, 0.717) is 12.8 Å². The summed E-state index contributed by atoms with van der Waals surface area (Å²) in [6.07, 6.45) is -3.75. The molecule has 1 saturated carbocycles. The molecular weight excluding hydrogens is 237 g/mol. The number of aliphatic hydroxyl groups is 1. The highest BCUT2D eigenvalue weighted by Crippen LogP contribution is 2.47. The van der Waals surface area contributed by atoms with Crippen molar-refractivity contribution >= 4 is 15.9 Å². The van der Waals surface area contributed by atoms with E-state index >= 15 is 0 Å². The summed E-state index contributed by atoms with van der Waals surface area (Å²) < 4.78 is 36.9. The molecule has 0 amide bonds. The van der Waals surface area contributed by atoms with Gasteiger partial charge in [-0.3, -0.25) is 0 Å². The van der Waals surface area contributed by atoms with Gasteiger partial charge in [-0.05, 0) is 19.3 Å². The normalized spacial score (nSPS) is 37.2. The van der Waals surface area contributed by atoms with Crippen LogP contribution in [0, 0.1) is 5.92 Å². The number of halogens is 4. The second kappa shape index (κ2) is 3.18. The van der Waals surface area contributed by atoms with Gasteiger partial charge in [0, 0.05) is 11.2 Å². The summed E-state index contributed by atoms with van der Waals surface area (Å²) in [6.45, 7) is 0. The molecule has 1 N–H and O–H groups in total. The first-order valence-corrected chi connectivity index (χ1v) is 4.89. The Morgan fingerprint density at radius 1 is 1.50 bits per heavy atom. The number of rotatable bonds is 1. The van der Waals surface area contributed by atoms with Crippen molar-refractivity contribution in [2.75, 3.05) is 5.33 Å². The van der Waals surface area contributed by atoms with Crippen molar-refractivity contribution in [2.45, 2.75) is 31.0 Å². The van der Waals surface area contributed by atoms with Gasteiger partial charge in [0.15, 0.2) is 5.60 Å². The fraction of sp³-hybridized carbons (Fsp3) is 1.00. The van der Waals surface area contributed by atoms with E-state index < -0.39 is 17.7 Å². The molecule has 0 aliphatic heterocycles. The molecule has 1 fully saturated rings. The van der Waals surface area contributed by atoms with Crippen molar-refractivity contribution < 1.29 is 18.3 Å². The van der Waals surface area contributed by atoms with Crippen LogP contribution in [-0.4, -0.2) is 22.2 Å². The van der Waals surface area contributed by atoms with Gasteiger partial charge in [-0.1, -0.05) is 15.9 Å². The average molecular weight is 247 g/mol. The molecule has 12 heavy (non-hydrogen) atoms. The molecule has 5 heteroatoms. The summed E-state index contributed by atoms with van der Waals surface area (Å²) in [5.41, 5.74) is -2.45. The number of hydrogen-bond donors (Lipinski definition) is 1. The Hall–Kier alpha value is 0.230. The van der Waals surface area contributed by atoms with Gasteiger partial charge in [0.05, 0.1) is 0 Å². The lowest BCUT2D eigenvalue weighted by Crippen LogP contribution is -2.48. The molecule has 72 valence electrons. The Kier molecular flexibility index (Phi) is 2.73. The summed E-state index contributed by atoms with van der Waals surface area (Å²) in [6, 6.07) is 0. The van der Waals surface area contributed by atoms with E-state index in [1.54, 1.807) is 0 Å². The Morgan fingerprint density at radius 2 is 2.08 bits per heavy atom. The standard InChI is InChI=1S/C7H10BrF3O/c8-4-5-2-1-3-6(5,12)7(9,10)11/h5,12H,1-4H2. The Labute approximate surface area is 77.1 Å². The van der Waals surface area contributed by atoms with Crippen molar-refractivity contribution in [1.29, 1.82) is 0 Å². The summed E-state index contributed by atoms with van der Waals surface area (Å²) in [7, 11) is 0. The zero-order valence-corrected chi connectivity index (χ0v) is 7.95. The molecular formula is C7H10BrF3O. The molecule has 0 saturated heterocycles. The second-order valence-corrected chi connectivity index (χ2v) is 3.81. The molecule has 0 radical (unpaired) electrons. The van der Waals surface area contributed by atoms with Gasteiger partial charge in [0.2, 0.25) is 0 Å². The first kappa shape index (κ1) is 10.3. The molecule has 1 rings (SSSR count). The molecule has 1 aliphatic rings. The quantitative estimate of drug-likeness (QED) is 0.705. The summed E-state index contributed by atoms with van der Waals surface area (Å²) in [4.78, 5) is 0. The summed E-state index contributed by atoms with van der Waals surface area (Å²) in [5.74, 6) is -0.683. The number of hydrogen-bond acceptors (Lipinski definition) is 1. The van der Waals surface area contributed by atoms with Crippen molar-refractivity contribution in [3.05, 3.63) is 0 Å². The van der Waals surface area contributed by atoms with Crippen LogP contribution < -0.4 is 0 Å². The zero-order chi connectivity index (χ0) is 9.41. The molecule has 0 aromatic carbocycles. The van der Waals surface area contributed by atoms with Crippen molar-refractivity contribution in [2.24, 2.45) is 5.92 Å². The van der Waals surface area contributed by atoms with Gasteiger partial charge >= 0.3 is 6.18 Å². The first-order chi connectivity index (χ1) is 5.42. The third-order valence-corrected chi connectivity index (χ3v) is 3.24. The second-order valence-electron chi connectivity index (χ2n) is 3.17. The van der Waals surface area contributed by atoms with E-state index in [9.17, 15) is 18.3 Å². The van der Waals surface area contributed by atoms with Crippen LogP contribution in [0.4, 0.5) is 13.2 Å². The van der Waals surface area contributed by atoms with Crippen LogP contribution in [0.1, 0.15) is 19.3 Å². The van der Waals surface area contributed by atoms with E-state index in [2.05, 4.69) is 15.9 Å². The van der Waals surface area contributed by atoms with Crippen LogP contribution in [0.2, 0.25) is 0 Å². The highest BCUT2D eigenvalue weighted by molar-refractivity contribution is 9.09. The van der Waals surface area contributed by atoms with E-state index in [0.717, 1.165) is 0 Å². The molecule has 0 aromatic rings. The number of alkyl halides is 4. The maximum Gasteiger partial charge on any atom is 0.417 e. The Morgan fingerprint density at radius 3 is 2.42 bits per heavy atom. The third kappa shape index (κ3) is 1.48. The first-order valence-electron chi connectivity index (χ1n) is 3.77. The average Bonchev–Trinajstić information content (AvgIpc) is 2.30. The predicted molar refractivity (Wildman–Crippen MR) is 42.1 cm³/mol. The maximum absolute atomic E-state index is 12.3. The molecule has 0 spiro atoms. The van der Waals surface area contributed by atoms with Gasteiger partial charge in [0.25, 0.3) is 0 Å². The highest BCUT2D eigenvalue weighted by Gasteiger charge is 2.59. The minimum atomic E-state index is -4.48. The maximum atomic E-state index is 12.3. The smallest absolute Gasteiger partial charge is 0.380 e. The van der Waals surface area contributed by atoms with E-state index in [1.807, 2.05) is 0 Å². The lowest BCUT2D eigenvalue weighted by Gasteiger charge is -2.31. The fourth-order valence-electron chi connectivity index (χ4n) is 1.64. The lowest BCUT2D eigenvalue weighted by molar-refractivity contribution is -0.269. The predicted octanol–water partition coefficient (Wildman–Crippen LogP) is 2.47. The fourth-order valence-corrected chi connectivity index (χ4v) is 2.50. The van der Waals surface area contributed by atoms with Gasteiger partial charge in [0.1, 0.15) is 0 Å². The van der Waals surface area contributed by atoms with Crippen molar-refractivity contribution in [1.82, 2.24) is 0 Å². The Balaban J connectivity index is 2.82. The van der Waals surface area contributed by atoms with Gasteiger partial charge in [-0.25, -0.2) is 0 Å². The summed E-state index contributed by atoms with van der Waals surface area (Å²) >= 11 is 2.98. The third-order valence-electron chi connectivity index (χ3n) is 2.46. The SMILES string of the molecule is OC1(C(F)(F)F)CCCC1CBr. The minimum absolute atomic E-state index is 0.160. The zero-order valence-electron chi connectivity index (χ0n) is 6.36. The van der Waals surface area contributed by atoms with Gasteiger partial charge in [-0.2, -0.15) is 13.2 Å². The molecule has 0 bridgehead atoms. The van der Waals surface area contributed by atoms with Crippen LogP contribution in [0.15, 0.2) is 0 Å². The van der Waals surface area contributed by atoms with Crippen LogP contribution in [0.3, 0.4) is 0 Å². The topological polar surface area (TPSA) is 20.2 Å². The summed E-state index contributed by atoms with van der Waals surface area (Å²) in [5, 5.41) is 9.54. The monoisotopic (exact) mass is 246 g/mol. The molecule has 2 unspecified atom stereocenters. The van der Waals surface area contributed by atoms with Crippen molar-refractivity contribution in [3.8, 4) is 0 Å². The highest BCUT2D eigenvalue weighted by atomic mass is 79.9. The van der Waals surface area contributed by atoms with E-state index in [1.165, 1.54) is 0 Å². The molecule has 0 aromatic heterocycles. The molecule has 1 aliphatic carbocycles. The van der Waals surface area contributed by atoms with E-state index in [4.69, 9.17) is 0 Å². The van der Waals surface area contributed by atoms with Crippen LogP contribution in [-0.2, 0) is 0 Å².